The number of carbonyl (C=O) groups excluding carboxylic acids is 3. The van der Waals surface area contributed by atoms with E-state index in [1.54, 1.807) is 48.5 Å². The van der Waals surface area contributed by atoms with Gasteiger partial charge in [0.15, 0.2) is 5.78 Å². The van der Waals surface area contributed by atoms with E-state index < -0.39 is 0 Å². The van der Waals surface area contributed by atoms with E-state index in [9.17, 15) is 14.4 Å². The van der Waals surface area contributed by atoms with Crippen LogP contribution in [0.25, 0.3) is 0 Å². The highest BCUT2D eigenvalue weighted by atomic mass is 16.1. The van der Waals surface area contributed by atoms with Gasteiger partial charge in [-0.3, -0.25) is 14.4 Å². The summed E-state index contributed by atoms with van der Waals surface area (Å²) in [6, 6.07) is 13.9. The van der Waals surface area contributed by atoms with Gasteiger partial charge in [-0.1, -0.05) is 24.3 Å². The minimum Gasteiger partial charge on any atom is -0.367 e. The third-order valence-corrected chi connectivity index (χ3v) is 5.08. The van der Waals surface area contributed by atoms with Crippen LogP contribution in [0.5, 0.6) is 0 Å². The van der Waals surface area contributed by atoms with Crippen LogP contribution in [0.3, 0.4) is 0 Å². The van der Waals surface area contributed by atoms with E-state index in [0.29, 0.717) is 33.8 Å². The van der Waals surface area contributed by atoms with Crippen molar-refractivity contribution in [3.05, 3.63) is 76.6 Å². The van der Waals surface area contributed by atoms with Crippen molar-refractivity contribution in [3.8, 4) is 0 Å². The lowest BCUT2D eigenvalue weighted by molar-refractivity contribution is 0.0948. The number of benzene rings is 2. The molecule has 5 nitrogen and oxygen atoms in total. The highest BCUT2D eigenvalue weighted by Crippen LogP contribution is 2.31. The van der Waals surface area contributed by atoms with Gasteiger partial charge < -0.3 is 10.2 Å². The van der Waals surface area contributed by atoms with Crippen LogP contribution in [0, 0.1) is 0 Å². The summed E-state index contributed by atoms with van der Waals surface area (Å²) >= 11 is 0. The van der Waals surface area contributed by atoms with Gasteiger partial charge in [0, 0.05) is 35.5 Å². The Hall–Kier alpha value is -3.21. The summed E-state index contributed by atoms with van der Waals surface area (Å²) in [5.41, 5.74) is 2.93. The number of hydrogen-bond donors (Lipinski definition) is 1. The van der Waals surface area contributed by atoms with Crippen LogP contribution in [0.15, 0.2) is 59.9 Å². The maximum atomic E-state index is 13.2. The summed E-state index contributed by atoms with van der Waals surface area (Å²) in [4.78, 5) is 39.8. The molecule has 5 heteroatoms. The van der Waals surface area contributed by atoms with Gasteiger partial charge in [0.25, 0.3) is 0 Å². The zero-order valence-electron chi connectivity index (χ0n) is 15.1. The van der Waals surface area contributed by atoms with Gasteiger partial charge in [-0.15, -0.1) is 0 Å². The predicted molar refractivity (Wildman–Crippen MR) is 103 cm³/mol. The first-order chi connectivity index (χ1) is 13.1. The van der Waals surface area contributed by atoms with E-state index in [-0.39, 0.29) is 17.3 Å². The number of hydrogen-bond acceptors (Lipinski definition) is 5. The van der Waals surface area contributed by atoms with Crippen LogP contribution in [-0.4, -0.2) is 35.3 Å². The molecule has 1 aliphatic carbocycles. The molecule has 1 saturated heterocycles. The standard InChI is InChI=1S/C22H20N2O3/c1-14(25)15-8-10-16(11-9-15)23-19-20(24-12-4-5-13-24)22(27)18-7-3-2-6-17(18)21(19)26/h2-3,6-11,23H,4-5,12-13H2,1H3. The van der Waals surface area contributed by atoms with Crippen molar-refractivity contribution in [3.63, 3.8) is 0 Å². The van der Waals surface area contributed by atoms with Crippen molar-refractivity contribution < 1.29 is 14.4 Å². The Morgan fingerprint density at radius 3 is 2.07 bits per heavy atom. The zero-order valence-corrected chi connectivity index (χ0v) is 15.1. The number of nitrogens with one attached hydrogen (secondary N) is 1. The molecule has 0 bridgehead atoms. The first-order valence-corrected chi connectivity index (χ1v) is 9.12. The lowest BCUT2D eigenvalue weighted by Gasteiger charge is -2.28. The summed E-state index contributed by atoms with van der Waals surface area (Å²) in [6.45, 7) is 3.05. The quantitative estimate of drug-likeness (QED) is 0.843. The average Bonchev–Trinajstić information content (AvgIpc) is 3.21. The molecule has 0 radical (unpaired) electrons. The first kappa shape index (κ1) is 17.2. The van der Waals surface area contributed by atoms with E-state index in [1.165, 1.54) is 6.92 Å². The van der Waals surface area contributed by atoms with Gasteiger partial charge in [-0.05, 0) is 44.0 Å². The maximum Gasteiger partial charge on any atom is 0.212 e. The monoisotopic (exact) mass is 360 g/mol. The second-order valence-corrected chi connectivity index (χ2v) is 6.88. The molecule has 1 N–H and O–H groups in total. The van der Waals surface area contributed by atoms with Crippen LogP contribution in [-0.2, 0) is 0 Å². The number of anilines is 1. The average molecular weight is 360 g/mol. The Bertz CT molecular complexity index is 967. The number of fused-ring (bicyclic) bond motifs is 1. The van der Waals surface area contributed by atoms with Crippen LogP contribution in [0.1, 0.15) is 50.8 Å². The Kier molecular flexibility index (Phi) is 4.36. The number of likely N-dealkylation sites (tertiary alicyclic amines) is 1. The lowest BCUT2D eigenvalue weighted by atomic mass is 9.89. The fraction of sp³-hybridized carbons (Fsp3) is 0.227. The largest absolute Gasteiger partial charge is 0.367 e. The third kappa shape index (κ3) is 3.05. The molecular weight excluding hydrogens is 340 g/mol. The topological polar surface area (TPSA) is 66.5 Å². The number of carbonyl (C=O) groups is 3. The molecule has 2 aromatic rings. The zero-order chi connectivity index (χ0) is 19.0. The van der Waals surface area contributed by atoms with Gasteiger partial charge in [-0.25, -0.2) is 0 Å². The van der Waals surface area contributed by atoms with E-state index in [2.05, 4.69) is 5.32 Å². The van der Waals surface area contributed by atoms with E-state index in [1.807, 2.05) is 4.90 Å². The molecule has 1 fully saturated rings. The van der Waals surface area contributed by atoms with Crippen LogP contribution >= 0.6 is 0 Å². The summed E-state index contributed by atoms with van der Waals surface area (Å²) < 4.78 is 0. The SMILES string of the molecule is CC(=O)c1ccc(NC2=C(N3CCCC3)C(=O)c3ccccc3C2=O)cc1. The molecule has 136 valence electrons. The fourth-order valence-electron chi connectivity index (χ4n) is 3.65. The number of rotatable bonds is 4. The second kappa shape index (κ2) is 6.83. The number of nitrogens with zero attached hydrogens (tertiary/aromatic N) is 1. The van der Waals surface area contributed by atoms with E-state index >= 15 is 0 Å². The first-order valence-electron chi connectivity index (χ1n) is 9.12. The number of ketones is 3. The number of allylic oxidation sites excluding steroid dienone is 2. The highest BCUT2D eigenvalue weighted by molar-refractivity contribution is 6.27. The molecule has 0 atom stereocenters. The van der Waals surface area contributed by atoms with Gasteiger partial charge in [0.05, 0.1) is 0 Å². The number of Topliss-reactive ketones (excluding diaryl/α,β-unsaturated/α-hetero) is 3. The fourth-order valence-corrected chi connectivity index (χ4v) is 3.65. The summed E-state index contributed by atoms with van der Waals surface area (Å²) in [7, 11) is 0. The van der Waals surface area contributed by atoms with Crippen molar-refractivity contribution >= 4 is 23.0 Å². The Morgan fingerprint density at radius 1 is 0.889 bits per heavy atom. The van der Waals surface area contributed by atoms with Crippen molar-refractivity contribution in [1.29, 1.82) is 0 Å². The molecule has 4 rings (SSSR count). The molecule has 1 aliphatic heterocycles. The van der Waals surface area contributed by atoms with Crippen LogP contribution in [0.2, 0.25) is 0 Å². The Balaban J connectivity index is 1.77. The molecule has 0 spiro atoms. The molecule has 2 aromatic carbocycles. The lowest BCUT2D eigenvalue weighted by Crippen LogP contribution is -2.35. The van der Waals surface area contributed by atoms with Crippen LogP contribution in [0.4, 0.5) is 5.69 Å². The van der Waals surface area contributed by atoms with Crippen molar-refractivity contribution in [2.75, 3.05) is 18.4 Å². The third-order valence-electron chi connectivity index (χ3n) is 5.08. The molecule has 0 amide bonds. The normalized spacial score (nSPS) is 16.6. The van der Waals surface area contributed by atoms with Crippen molar-refractivity contribution in [2.45, 2.75) is 19.8 Å². The smallest absolute Gasteiger partial charge is 0.212 e. The van der Waals surface area contributed by atoms with Crippen LogP contribution < -0.4 is 5.32 Å². The van der Waals surface area contributed by atoms with E-state index in [0.717, 1.165) is 25.9 Å². The molecule has 27 heavy (non-hydrogen) atoms. The van der Waals surface area contributed by atoms with Crippen molar-refractivity contribution in [1.82, 2.24) is 4.90 Å². The molecule has 2 aliphatic rings. The van der Waals surface area contributed by atoms with Gasteiger partial charge in [0.1, 0.15) is 11.4 Å². The Morgan fingerprint density at radius 2 is 1.48 bits per heavy atom. The summed E-state index contributed by atoms with van der Waals surface area (Å²) in [6.07, 6.45) is 2.01. The van der Waals surface area contributed by atoms with Gasteiger partial charge in [-0.2, -0.15) is 0 Å². The molecule has 0 aromatic heterocycles. The summed E-state index contributed by atoms with van der Waals surface area (Å²) in [5, 5.41) is 3.15. The molecular formula is C22H20N2O3. The molecule has 1 heterocycles. The Labute approximate surface area is 157 Å². The minimum atomic E-state index is -0.178. The predicted octanol–water partition coefficient (Wildman–Crippen LogP) is 3.69. The van der Waals surface area contributed by atoms with Gasteiger partial charge in [0.2, 0.25) is 11.6 Å². The highest BCUT2D eigenvalue weighted by Gasteiger charge is 2.36. The van der Waals surface area contributed by atoms with Crippen molar-refractivity contribution in [2.24, 2.45) is 0 Å². The molecule has 0 saturated carbocycles. The minimum absolute atomic E-state index is 0.0173. The van der Waals surface area contributed by atoms with Gasteiger partial charge >= 0.3 is 0 Å². The van der Waals surface area contributed by atoms with E-state index in [4.69, 9.17) is 0 Å². The maximum absolute atomic E-state index is 13.2. The summed E-state index contributed by atoms with van der Waals surface area (Å²) in [5.74, 6) is -0.311. The molecule has 0 unspecified atom stereocenters. The second-order valence-electron chi connectivity index (χ2n) is 6.88.